The van der Waals surface area contributed by atoms with Crippen LogP contribution in [-0.2, 0) is 0 Å². The summed E-state index contributed by atoms with van der Waals surface area (Å²) in [7, 11) is 0. The molecule has 2 aromatic rings. The SMILES string of the molecule is CC(C)(CCCO)CNC(=O)c1cc2c(F)cccc2s1. The minimum atomic E-state index is -0.300. The Hall–Kier alpha value is -1.46. The van der Waals surface area contributed by atoms with Gasteiger partial charge in [-0.15, -0.1) is 11.3 Å². The van der Waals surface area contributed by atoms with Gasteiger partial charge in [0.25, 0.3) is 5.91 Å². The van der Waals surface area contributed by atoms with Gasteiger partial charge in [0.05, 0.1) is 4.88 Å². The van der Waals surface area contributed by atoms with E-state index >= 15 is 0 Å². The van der Waals surface area contributed by atoms with Crippen LogP contribution in [0.5, 0.6) is 0 Å². The van der Waals surface area contributed by atoms with Crippen LogP contribution in [0.2, 0.25) is 0 Å². The maximum Gasteiger partial charge on any atom is 0.261 e. The van der Waals surface area contributed by atoms with Crippen LogP contribution in [0.4, 0.5) is 4.39 Å². The van der Waals surface area contributed by atoms with Gasteiger partial charge in [-0.2, -0.15) is 0 Å². The summed E-state index contributed by atoms with van der Waals surface area (Å²) in [6, 6.07) is 6.46. The zero-order chi connectivity index (χ0) is 15.5. The molecule has 0 saturated carbocycles. The topological polar surface area (TPSA) is 49.3 Å². The maximum atomic E-state index is 13.6. The van der Waals surface area contributed by atoms with Gasteiger partial charge >= 0.3 is 0 Å². The number of rotatable bonds is 6. The van der Waals surface area contributed by atoms with Gasteiger partial charge in [-0.25, -0.2) is 4.39 Å². The van der Waals surface area contributed by atoms with E-state index in [0.717, 1.165) is 17.5 Å². The molecule has 0 saturated heterocycles. The lowest BCUT2D eigenvalue weighted by Crippen LogP contribution is -2.33. The minimum absolute atomic E-state index is 0.0691. The van der Waals surface area contributed by atoms with Crippen molar-refractivity contribution in [2.75, 3.05) is 13.2 Å². The van der Waals surface area contributed by atoms with Gasteiger partial charge in [-0.05, 0) is 36.5 Å². The molecular formula is C16H20FNO2S. The van der Waals surface area contributed by atoms with Gasteiger partial charge in [0.15, 0.2) is 0 Å². The molecule has 3 nitrogen and oxygen atoms in total. The molecule has 0 aliphatic carbocycles. The van der Waals surface area contributed by atoms with Crippen molar-refractivity contribution in [1.29, 1.82) is 0 Å². The second-order valence-electron chi connectivity index (χ2n) is 5.94. The summed E-state index contributed by atoms with van der Waals surface area (Å²) in [5.74, 6) is -0.473. The number of hydrogen-bond donors (Lipinski definition) is 2. The number of fused-ring (bicyclic) bond motifs is 1. The number of carbonyl (C=O) groups excluding carboxylic acids is 1. The summed E-state index contributed by atoms with van der Waals surface area (Å²) in [6.07, 6.45) is 1.56. The standard InChI is InChI=1S/C16H20FNO2S/c1-16(2,7-4-8-19)10-18-15(20)14-9-11-12(17)5-3-6-13(11)21-14/h3,5-6,9,19H,4,7-8,10H2,1-2H3,(H,18,20). The minimum Gasteiger partial charge on any atom is -0.396 e. The summed E-state index contributed by atoms with van der Waals surface area (Å²) in [5, 5.41) is 12.3. The third-order valence-corrected chi connectivity index (χ3v) is 4.57. The van der Waals surface area contributed by atoms with E-state index in [2.05, 4.69) is 5.32 Å². The number of benzene rings is 1. The fourth-order valence-corrected chi connectivity index (χ4v) is 3.18. The Morgan fingerprint density at radius 1 is 1.43 bits per heavy atom. The van der Waals surface area contributed by atoms with Crippen molar-refractivity contribution in [3.63, 3.8) is 0 Å². The van der Waals surface area contributed by atoms with E-state index in [0.29, 0.717) is 16.8 Å². The fourth-order valence-electron chi connectivity index (χ4n) is 2.19. The maximum absolute atomic E-state index is 13.6. The van der Waals surface area contributed by atoms with E-state index in [-0.39, 0.29) is 23.7 Å². The Labute approximate surface area is 127 Å². The molecule has 0 spiro atoms. The molecule has 1 aromatic heterocycles. The smallest absolute Gasteiger partial charge is 0.261 e. The van der Waals surface area contributed by atoms with E-state index < -0.39 is 0 Å². The molecular weight excluding hydrogens is 289 g/mol. The number of aliphatic hydroxyl groups is 1. The van der Waals surface area contributed by atoms with Crippen LogP contribution >= 0.6 is 11.3 Å². The third-order valence-electron chi connectivity index (χ3n) is 3.47. The number of halogens is 1. The van der Waals surface area contributed by atoms with Crippen LogP contribution in [-0.4, -0.2) is 24.2 Å². The summed E-state index contributed by atoms with van der Waals surface area (Å²) in [4.78, 5) is 12.7. The lowest BCUT2D eigenvalue weighted by molar-refractivity contribution is 0.0937. The number of amides is 1. The van der Waals surface area contributed by atoms with Gasteiger partial charge in [-0.1, -0.05) is 19.9 Å². The lowest BCUT2D eigenvalue weighted by atomic mass is 9.88. The Morgan fingerprint density at radius 3 is 2.86 bits per heavy atom. The fraction of sp³-hybridized carbons (Fsp3) is 0.438. The second kappa shape index (κ2) is 6.54. The molecule has 0 fully saturated rings. The number of nitrogens with one attached hydrogen (secondary N) is 1. The highest BCUT2D eigenvalue weighted by atomic mass is 32.1. The molecule has 0 aliphatic rings. The Bertz CT molecular complexity index is 636. The highest BCUT2D eigenvalue weighted by Crippen LogP contribution is 2.28. The summed E-state index contributed by atoms with van der Waals surface area (Å²) < 4.78 is 14.4. The second-order valence-corrected chi connectivity index (χ2v) is 7.02. The molecule has 1 aromatic carbocycles. The van der Waals surface area contributed by atoms with Crippen LogP contribution < -0.4 is 5.32 Å². The predicted octanol–water partition coefficient (Wildman–Crippen LogP) is 3.57. The van der Waals surface area contributed by atoms with Crippen molar-refractivity contribution in [1.82, 2.24) is 5.32 Å². The molecule has 0 aliphatic heterocycles. The highest BCUT2D eigenvalue weighted by Gasteiger charge is 2.19. The quantitative estimate of drug-likeness (QED) is 0.857. The molecule has 0 bridgehead atoms. The van der Waals surface area contributed by atoms with E-state index in [1.54, 1.807) is 12.1 Å². The Balaban J connectivity index is 2.04. The van der Waals surface area contributed by atoms with Crippen LogP contribution in [0.3, 0.4) is 0 Å². The first-order valence-electron chi connectivity index (χ1n) is 7.00. The van der Waals surface area contributed by atoms with Crippen molar-refractivity contribution >= 4 is 27.3 Å². The van der Waals surface area contributed by atoms with E-state index in [1.807, 2.05) is 19.9 Å². The van der Waals surface area contributed by atoms with Gasteiger partial charge in [0.1, 0.15) is 5.82 Å². The number of carbonyl (C=O) groups is 1. The summed E-state index contributed by atoms with van der Waals surface area (Å²) in [6.45, 7) is 4.79. The van der Waals surface area contributed by atoms with Crippen LogP contribution in [0.15, 0.2) is 24.3 Å². The van der Waals surface area contributed by atoms with E-state index in [4.69, 9.17) is 5.11 Å². The highest BCUT2D eigenvalue weighted by molar-refractivity contribution is 7.20. The Morgan fingerprint density at radius 2 is 2.19 bits per heavy atom. The number of hydrogen-bond acceptors (Lipinski definition) is 3. The molecule has 1 amide bonds. The normalized spacial score (nSPS) is 11.8. The zero-order valence-electron chi connectivity index (χ0n) is 12.3. The zero-order valence-corrected chi connectivity index (χ0v) is 13.1. The van der Waals surface area contributed by atoms with Crippen LogP contribution in [0, 0.1) is 11.2 Å². The van der Waals surface area contributed by atoms with Crippen molar-refractivity contribution in [3.8, 4) is 0 Å². The summed E-state index contributed by atoms with van der Waals surface area (Å²) >= 11 is 1.30. The third kappa shape index (κ3) is 4.02. The molecule has 0 unspecified atom stereocenters. The molecule has 2 N–H and O–H groups in total. The molecule has 114 valence electrons. The van der Waals surface area contributed by atoms with Crippen molar-refractivity contribution in [3.05, 3.63) is 35.0 Å². The molecule has 2 rings (SSSR count). The Kier molecular flexibility index (Phi) is 4.96. The van der Waals surface area contributed by atoms with Gasteiger partial charge < -0.3 is 10.4 Å². The first kappa shape index (κ1) is 15.9. The van der Waals surface area contributed by atoms with Crippen molar-refractivity contribution < 1.29 is 14.3 Å². The molecule has 21 heavy (non-hydrogen) atoms. The van der Waals surface area contributed by atoms with Gasteiger partial charge in [0, 0.05) is 23.2 Å². The number of aliphatic hydroxyl groups excluding tert-OH is 1. The monoisotopic (exact) mass is 309 g/mol. The average molecular weight is 309 g/mol. The first-order chi connectivity index (χ1) is 9.93. The van der Waals surface area contributed by atoms with E-state index in [9.17, 15) is 9.18 Å². The van der Waals surface area contributed by atoms with Crippen LogP contribution in [0.25, 0.3) is 10.1 Å². The molecule has 0 atom stereocenters. The molecule has 5 heteroatoms. The molecule has 0 radical (unpaired) electrons. The number of thiophene rings is 1. The van der Waals surface area contributed by atoms with Gasteiger partial charge in [0.2, 0.25) is 0 Å². The van der Waals surface area contributed by atoms with Crippen molar-refractivity contribution in [2.45, 2.75) is 26.7 Å². The molecule has 1 heterocycles. The van der Waals surface area contributed by atoms with Gasteiger partial charge in [-0.3, -0.25) is 4.79 Å². The first-order valence-corrected chi connectivity index (χ1v) is 7.82. The van der Waals surface area contributed by atoms with Crippen LogP contribution in [0.1, 0.15) is 36.4 Å². The van der Waals surface area contributed by atoms with E-state index in [1.165, 1.54) is 17.4 Å². The largest absolute Gasteiger partial charge is 0.396 e. The predicted molar refractivity (Wildman–Crippen MR) is 84.2 cm³/mol. The average Bonchev–Trinajstić information content (AvgIpc) is 2.88. The lowest BCUT2D eigenvalue weighted by Gasteiger charge is -2.24. The summed E-state index contributed by atoms with van der Waals surface area (Å²) in [5.41, 5.74) is -0.0691. The van der Waals surface area contributed by atoms with Crippen molar-refractivity contribution in [2.24, 2.45) is 5.41 Å².